The van der Waals surface area contributed by atoms with Crippen molar-refractivity contribution in [1.29, 1.82) is 5.26 Å². The third kappa shape index (κ3) is 9.48. The molecule has 0 aliphatic rings. The van der Waals surface area contributed by atoms with Crippen LogP contribution in [0, 0.1) is 11.3 Å². The molecule has 11 rings (SSSR count). The number of nitrogens with zero attached hydrogens (tertiary/aromatic N) is 3. The van der Waals surface area contributed by atoms with Crippen molar-refractivity contribution in [2.75, 3.05) is 0 Å². The van der Waals surface area contributed by atoms with E-state index in [1.165, 1.54) is 69.8 Å². The monoisotopic (exact) mass is 1150 g/mol. The highest BCUT2D eigenvalue weighted by Gasteiger charge is 2.43. The van der Waals surface area contributed by atoms with Gasteiger partial charge in [0.2, 0.25) is 0 Å². The molecule has 0 saturated heterocycles. The molecule has 11 aromatic rings. The third-order valence-corrected chi connectivity index (χ3v) is 14.1. The van der Waals surface area contributed by atoms with E-state index in [0.717, 1.165) is 12.1 Å². The van der Waals surface area contributed by atoms with Crippen LogP contribution in [0.4, 0.5) is 79.0 Å². The van der Waals surface area contributed by atoms with E-state index >= 15 is 0 Å². The van der Waals surface area contributed by atoms with Crippen LogP contribution in [0.1, 0.15) is 38.9 Å². The molecule has 0 amide bonds. The Labute approximate surface area is 449 Å². The molecule has 0 unspecified atom stereocenters. The first-order valence-electron chi connectivity index (χ1n) is 24.0. The van der Waals surface area contributed by atoms with Gasteiger partial charge in [-0.2, -0.15) is 84.3 Å². The van der Waals surface area contributed by atoms with Crippen LogP contribution in [-0.4, -0.2) is 9.13 Å². The molecule has 9 aromatic carbocycles. The van der Waals surface area contributed by atoms with E-state index in [1.54, 1.807) is 48.5 Å². The van der Waals surface area contributed by atoms with Crippen molar-refractivity contribution in [1.82, 2.24) is 9.13 Å². The van der Waals surface area contributed by atoms with Gasteiger partial charge in [-0.3, -0.25) is 0 Å². The molecule has 0 radical (unpaired) electrons. The summed E-state index contributed by atoms with van der Waals surface area (Å²) in [5.41, 5.74) is -12.4. The second kappa shape index (κ2) is 19.0. The Kier molecular flexibility index (Phi) is 12.7. The van der Waals surface area contributed by atoms with Crippen LogP contribution in [0.25, 0.3) is 99.5 Å². The number of hydrogen-bond acceptors (Lipinski definition) is 1. The van der Waals surface area contributed by atoms with Crippen molar-refractivity contribution in [2.24, 2.45) is 0 Å². The summed E-state index contributed by atoms with van der Waals surface area (Å²) in [5.74, 6) is 0. The average Bonchev–Trinajstić information content (AvgIpc) is 3.72. The minimum Gasteiger partial charge on any atom is -0.309 e. The third-order valence-electron chi connectivity index (χ3n) is 14.1. The summed E-state index contributed by atoms with van der Waals surface area (Å²) < 4.78 is 263. The van der Waals surface area contributed by atoms with Gasteiger partial charge in [-0.15, -0.1) is 0 Å². The zero-order valence-electron chi connectivity index (χ0n) is 40.9. The first-order valence-corrected chi connectivity index (χ1v) is 24.0. The van der Waals surface area contributed by atoms with Gasteiger partial charge in [0, 0.05) is 38.2 Å². The molecule has 3 nitrogen and oxygen atoms in total. The molecule has 2 aromatic heterocycles. The Morgan fingerprint density at radius 3 is 1.15 bits per heavy atom. The fourth-order valence-electron chi connectivity index (χ4n) is 10.7. The molecule has 0 aliphatic heterocycles. The van der Waals surface area contributed by atoms with Crippen molar-refractivity contribution < 1.29 is 79.0 Å². The van der Waals surface area contributed by atoms with E-state index in [0.29, 0.717) is 53.2 Å². The van der Waals surface area contributed by atoms with Crippen LogP contribution in [0.3, 0.4) is 0 Å². The largest absolute Gasteiger partial charge is 0.417 e. The zero-order chi connectivity index (χ0) is 58.8. The standard InChI is InChI=1S/C61H29F18N3/c62-56(63,64)35-16-19-37(47(28-35)60(74,75)76)32-13-21-51-42(25-32)39-6-1-3-10-49(39)81(51)52-23-15-34(55-45(58(68,69)70)8-5-9-46(55)59(71,72)73)27-44(52)41-18-12-31(30-80)24-54(41)82-50-11-4-2-7-40(50)43-26-33(14-22-53(43)82)38-20-17-36(57(65,66)67)29-48(38)61(77,78)79/h1-29H. The molecular weight excluding hydrogens is 1120 g/mol. The molecule has 0 bridgehead atoms. The average molecular weight is 1150 g/mol. The van der Waals surface area contributed by atoms with Crippen molar-refractivity contribution in [2.45, 2.75) is 37.1 Å². The SMILES string of the molecule is N#Cc1ccc(-c2cc(-c3c(C(F)(F)F)cccc3C(F)(F)F)ccc2-n2c3ccccc3c3cc(-c4ccc(C(F)(F)F)cc4C(F)(F)F)ccc32)c(-n2c3ccccc3c3cc(-c4ccc(C(F)(F)F)cc4C(F)(F)F)ccc32)c1. The molecule has 0 N–H and O–H groups in total. The summed E-state index contributed by atoms with van der Waals surface area (Å²) in [6.07, 6.45) is -31.6. The summed E-state index contributed by atoms with van der Waals surface area (Å²) in [7, 11) is 0. The summed E-state index contributed by atoms with van der Waals surface area (Å²) in [5, 5.41) is 11.4. The van der Waals surface area contributed by atoms with Gasteiger partial charge in [-0.05, 0) is 125 Å². The molecule has 0 atom stereocenters. The molecule has 0 saturated carbocycles. The molecule has 2 heterocycles. The highest BCUT2D eigenvalue weighted by Crippen LogP contribution is 2.50. The quantitative estimate of drug-likeness (QED) is 0.153. The first-order chi connectivity index (χ1) is 38.4. The van der Waals surface area contributed by atoms with Crippen LogP contribution in [-0.2, 0) is 37.1 Å². The van der Waals surface area contributed by atoms with Gasteiger partial charge >= 0.3 is 37.1 Å². The normalized spacial score (nSPS) is 13.0. The Morgan fingerprint density at radius 1 is 0.293 bits per heavy atom. The first kappa shape index (κ1) is 54.8. The summed E-state index contributed by atoms with van der Waals surface area (Å²) in [6.45, 7) is 0. The lowest BCUT2D eigenvalue weighted by Crippen LogP contribution is -2.14. The van der Waals surface area contributed by atoms with E-state index in [2.05, 4.69) is 0 Å². The fourth-order valence-corrected chi connectivity index (χ4v) is 10.7. The van der Waals surface area contributed by atoms with Crippen LogP contribution >= 0.6 is 0 Å². The highest BCUT2D eigenvalue weighted by molar-refractivity contribution is 6.13. The topological polar surface area (TPSA) is 33.6 Å². The number of benzene rings is 9. The van der Waals surface area contributed by atoms with Crippen LogP contribution in [0.5, 0.6) is 0 Å². The number of nitriles is 1. The van der Waals surface area contributed by atoms with Gasteiger partial charge in [0.25, 0.3) is 0 Å². The molecule has 0 spiro atoms. The maximum atomic E-state index is 15.0. The smallest absolute Gasteiger partial charge is 0.309 e. The number of aromatic nitrogens is 2. The van der Waals surface area contributed by atoms with Crippen LogP contribution < -0.4 is 0 Å². The zero-order valence-corrected chi connectivity index (χ0v) is 40.9. The number of hydrogen-bond donors (Lipinski definition) is 0. The van der Waals surface area contributed by atoms with E-state index < -0.39 is 92.7 Å². The van der Waals surface area contributed by atoms with Crippen molar-refractivity contribution in [3.8, 4) is 62.0 Å². The number of para-hydroxylation sites is 2. The molecule has 414 valence electrons. The second-order valence-corrected chi connectivity index (χ2v) is 19.0. The Bertz CT molecular complexity index is 4410. The van der Waals surface area contributed by atoms with E-state index in [1.807, 2.05) is 6.07 Å². The molecule has 0 aliphatic carbocycles. The molecule has 21 heteroatoms. The van der Waals surface area contributed by atoms with Gasteiger partial charge in [0.15, 0.2) is 0 Å². The lowest BCUT2D eigenvalue weighted by Gasteiger charge is -2.22. The maximum Gasteiger partial charge on any atom is 0.417 e. The summed E-state index contributed by atoms with van der Waals surface area (Å²) in [4.78, 5) is 0. The minimum absolute atomic E-state index is 0.00449. The molecule has 82 heavy (non-hydrogen) atoms. The summed E-state index contributed by atoms with van der Waals surface area (Å²) in [6, 6.07) is 33.3. The van der Waals surface area contributed by atoms with Crippen molar-refractivity contribution in [3.63, 3.8) is 0 Å². The van der Waals surface area contributed by atoms with Crippen LogP contribution in [0.15, 0.2) is 176 Å². The Balaban J connectivity index is 1.22. The number of rotatable bonds is 6. The van der Waals surface area contributed by atoms with Crippen LogP contribution in [0.2, 0.25) is 0 Å². The molecule has 0 fully saturated rings. The number of halogens is 18. The maximum absolute atomic E-state index is 15.0. The van der Waals surface area contributed by atoms with E-state index in [-0.39, 0.29) is 84.2 Å². The lowest BCUT2D eigenvalue weighted by molar-refractivity contribution is -0.144. The predicted octanol–water partition coefficient (Wildman–Crippen LogP) is 20.5. The van der Waals surface area contributed by atoms with Gasteiger partial charge in [-0.25, -0.2) is 0 Å². The minimum atomic E-state index is -5.37. The Hall–Kier alpha value is -9.19. The number of alkyl halides is 18. The van der Waals surface area contributed by atoms with E-state index in [4.69, 9.17) is 0 Å². The summed E-state index contributed by atoms with van der Waals surface area (Å²) >= 11 is 0. The highest BCUT2D eigenvalue weighted by atomic mass is 19.4. The molecular formula is C61H29F18N3. The number of fused-ring (bicyclic) bond motifs is 6. The second-order valence-electron chi connectivity index (χ2n) is 19.0. The predicted molar refractivity (Wildman–Crippen MR) is 272 cm³/mol. The van der Waals surface area contributed by atoms with Gasteiger partial charge < -0.3 is 9.13 Å². The van der Waals surface area contributed by atoms with Gasteiger partial charge in [-0.1, -0.05) is 78.9 Å². The van der Waals surface area contributed by atoms with Gasteiger partial charge in [0.05, 0.1) is 78.5 Å². The fraction of sp³-hybridized carbons (Fsp3) is 0.0984. The van der Waals surface area contributed by atoms with Gasteiger partial charge in [0.1, 0.15) is 0 Å². The van der Waals surface area contributed by atoms with Crippen molar-refractivity contribution in [3.05, 3.63) is 215 Å². The van der Waals surface area contributed by atoms with Crippen molar-refractivity contribution >= 4 is 43.6 Å². The van der Waals surface area contributed by atoms with E-state index in [9.17, 15) is 84.3 Å². The Morgan fingerprint density at radius 2 is 0.707 bits per heavy atom. The lowest BCUT2D eigenvalue weighted by atomic mass is 9.90.